The molecule has 1 amide bonds. The van der Waals surface area contributed by atoms with Crippen molar-refractivity contribution in [3.63, 3.8) is 0 Å². The Morgan fingerprint density at radius 1 is 1.03 bits per heavy atom. The Bertz CT molecular complexity index is 944. The molecule has 1 aliphatic heterocycles. The van der Waals surface area contributed by atoms with E-state index in [0.717, 1.165) is 25.3 Å². The first-order chi connectivity index (χ1) is 16.2. The van der Waals surface area contributed by atoms with Gasteiger partial charge in [0.15, 0.2) is 0 Å². The second-order valence-corrected chi connectivity index (χ2v) is 11.3. The lowest BCUT2D eigenvalue weighted by Crippen LogP contribution is -2.49. The number of ether oxygens (including phenoxy) is 1. The molecule has 0 N–H and O–H groups in total. The standard InChI is InChI=1S/C28H42N4O2/c1-21(2)22-11-13-23(14-12-22)26-19-24(29-32(26)25-9-7-6-8-10-25)20-30-15-17-31(18-16-30)27(33)34-28(3,4)5/h11-14,19,21,25H,6-10,15-18,20H2,1-5H3. The van der Waals surface area contributed by atoms with Crippen molar-refractivity contribution in [2.75, 3.05) is 26.2 Å². The van der Waals surface area contributed by atoms with Crippen molar-refractivity contribution in [1.29, 1.82) is 0 Å². The molecule has 0 radical (unpaired) electrons. The highest BCUT2D eigenvalue weighted by atomic mass is 16.6. The van der Waals surface area contributed by atoms with E-state index < -0.39 is 5.60 Å². The third-order valence-electron chi connectivity index (χ3n) is 6.99. The molecular weight excluding hydrogens is 424 g/mol. The van der Waals surface area contributed by atoms with Crippen LogP contribution in [-0.2, 0) is 11.3 Å². The number of hydrogen-bond donors (Lipinski definition) is 0. The zero-order chi connectivity index (χ0) is 24.3. The highest BCUT2D eigenvalue weighted by Crippen LogP contribution is 2.33. The van der Waals surface area contributed by atoms with Gasteiger partial charge >= 0.3 is 6.09 Å². The van der Waals surface area contributed by atoms with Crippen molar-refractivity contribution in [2.24, 2.45) is 0 Å². The van der Waals surface area contributed by atoms with Gasteiger partial charge in [0, 0.05) is 32.7 Å². The van der Waals surface area contributed by atoms with Crippen LogP contribution in [0, 0.1) is 0 Å². The minimum atomic E-state index is -0.454. The van der Waals surface area contributed by atoms with Gasteiger partial charge in [0.25, 0.3) is 0 Å². The first-order valence-corrected chi connectivity index (χ1v) is 13.1. The average molecular weight is 467 g/mol. The van der Waals surface area contributed by atoms with Crippen molar-refractivity contribution >= 4 is 6.09 Å². The van der Waals surface area contributed by atoms with Crippen molar-refractivity contribution < 1.29 is 9.53 Å². The first-order valence-electron chi connectivity index (χ1n) is 13.1. The quantitative estimate of drug-likeness (QED) is 0.524. The van der Waals surface area contributed by atoms with Gasteiger partial charge in [-0.1, -0.05) is 57.4 Å². The summed E-state index contributed by atoms with van der Waals surface area (Å²) in [7, 11) is 0. The van der Waals surface area contributed by atoms with Crippen LogP contribution in [0.2, 0.25) is 0 Å². The van der Waals surface area contributed by atoms with Gasteiger partial charge in [0.1, 0.15) is 5.60 Å². The molecule has 0 unspecified atom stereocenters. The van der Waals surface area contributed by atoms with E-state index in [1.54, 1.807) is 0 Å². The maximum atomic E-state index is 12.4. The Kier molecular flexibility index (Phi) is 7.66. The molecule has 1 saturated heterocycles. The van der Waals surface area contributed by atoms with E-state index in [1.807, 2.05) is 25.7 Å². The van der Waals surface area contributed by atoms with E-state index in [-0.39, 0.29) is 6.09 Å². The number of carbonyl (C=O) groups excluding carboxylic acids is 1. The summed E-state index contributed by atoms with van der Waals surface area (Å²) >= 11 is 0. The fraction of sp³-hybridized carbons (Fsp3) is 0.643. The van der Waals surface area contributed by atoms with Crippen LogP contribution in [0.15, 0.2) is 30.3 Å². The van der Waals surface area contributed by atoms with E-state index in [4.69, 9.17) is 9.84 Å². The first kappa shape index (κ1) is 24.8. The molecule has 2 fully saturated rings. The van der Waals surface area contributed by atoms with E-state index in [9.17, 15) is 4.79 Å². The zero-order valence-electron chi connectivity index (χ0n) is 21.7. The fourth-order valence-corrected chi connectivity index (χ4v) is 5.02. The van der Waals surface area contributed by atoms with Crippen LogP contribution in [0.1, 0.15) is 89.9 Å². The second-order valence-electron chi connectivity index (χ2n) is 11.3. The molecule has 2 aliphatic rings. The van der Waals surface area contributed by atoms with Crippen LogP contribution in [-0.4, -0.2) is 57.5 Å². The van der Waals surface area contributed by atoms with Crippen molar-refractivity contribution in [3.8, 4) is 11.3 Å². The van der Waals surface area contributed by atoms with Gasteiger partial charge in [-0.15, -0.1) is 0 Å². The van der Waals surface area contributed by atoms with E-state index >= 15 is 0 Å². The number of carbonyl (C=O) groups is 1. The normalized spacial score (nSPS) is 18.5. The van der Waals surface area contributed by atoms with Gasteiger partial charge in [-0.05, 0) is 56.7 Å². The Balaban J connectivity index is 1.47. The SMILES string of the molecule is CC(C)c1ccc(-c2cc(CN3CCN(C(=O)OC(C)(C)C)CC3)nn2C2CCCCC2)cc1. The number of nitrogens with zero attached hydrogens (tertiary/aromatic N) is 4. The van der Waals surface area contributed by atoms with Gasteiger partial charge < -0.3 is 9.64 Å². The molecular formula is C28H42N4O2. The predicted molar refractivity (Wildman–Crippen MR) is 137 cm³/mol. The number of aromatic nitrogens is 2. The Morgan fingerprint density at radius 3 is 2.26 bits per heavy atom. The van der Waals surface area contributed by atoms with Crippen LogP contribution >= 0.6 is 0 Å². The summed E-state index contributed by atoms with van der Waals surface area (Å²) in [5, 5.41) is 5.13. The summed E-state index contributed by atoms with van der Waals surface area (Å²) in [6.45, 7) is 14.1. The molecule has 6 heteroatoms. The molecule has 1 saturated carbocycles. The lowest BCUT2D eigenvalue weighted by molar-refractivity contribution is 0.0138. The molecule has 2 aromatic rings. The van der Waals surface area contributed by atoms with Crippen molar-refractivity contribution in [3.05, 3.63) is 41.6 Å². The van der Waals surface area contributed by atoms with Crippen LogP contribution in [0.25, 0.3) is 11.3 Å². The average Bonchev–Trinajstić information content (AvgIpc) is 3.23. The largest absolute Gasteiger partial charge is 0.444 e. The molecule has 4 rings (SSSR count). The summed E-state index contributed by atoms with van der Waals surface area (Å²) < 4.78 is 7.86. The molecule has 1 aromatic carbocycles. The summed E-state index contributed by atoms with van der Waals surface area (Å²) in [6.07, 6.45) is 6.14. The summed E-state index contributed by atoms with van der Waals surface area (Å²) in [5.41, 5.74) is 4.53. The molecule has 2 heterocycles. The third-order valence-corrected chi connectivity index (χ3v) is 6.99. The monoisotopic (exact) mass is 466 g/mol. The molecule has 6 nitrogen and oxygen atoms in total. The Labute approximate surface area is 205 Å². The van der Waals surface area contributed by atoms with Crippen LogP contribution < -0.4 is 0 Å². The second kappa shape index (κ2) is 10.5. The van der Waals surface area contributed by atoms with Crippen LogP contribution in [0.4, 0.5) is 4.79 Å². The summed E-state index contributed by atoms with van der Waals surface area (Å²) in [5.74, 6) is 0.534. The molecule has 0 bridgehead atoms. The minimum absolute atomic E-state index is 0.208. The Morgan fingerprint density at radius 2 is 1.68 bits per heavy atom. The highest BCUT2D eigenvalue weighted by molar-refractivity contribution is 5.68. The predicted octanol–water partition coefficient (Wildman–Crippen LogP) is 6.23. The van der Waals surface area contributed by atoms with Gasteiger partial charge in [-0.2, -0.15) is 5.10 Å². The van der Waals surface area contributed by atoms with Gasteiger partial charge in [-0.25, -0.2) is 4.79 Å². The molecule has 0 atom stereocenters. The number of benzene rings is 1. The van der Waals surface area contributed by atoms with Crippen LogP contribution in [0.5, 0.6) is 0 Å². The summed E-state index contributed by atoms with van der Waals surface area (Å²) in [4.78, 5) is 16.6. The molecule has 0 spiro atoms. The van der Waals surface area contributed by atoms with Crippen molar-refractivity contribution in [2.45, 2.75) is 90.8 Å². The maximum Gasteiger partial charge on any atom is 0.410 e. The minimum Gasteiger partial charge on any atom is -0.444 e. The summed E-state index contributed by atoms with van der Waals surface area (Å²) in [6, 6.07) is 11.8. The molecule has 1 aromatic heterocycles. The number of amides is 1. The third kappa shape index (κ3) is 6.21. The van der Waals surface area contributed by atoms with E-state index in [1.165, 1.54) is 48.9 Å². The maximum absolute atomic E-state index is 12.4. The number of piperazine rings is 1. The van der Waals surface area contributed by atoms with Gasteiger partial charge in [0.05, 0.1) is 17.4 Å². The lowest BCUT2D eigenvalue weighted by atomic mass is 9.95. The molecule has 34 heavy (non-hydrogen) atoms. The van der Waals surface area contributed by atoms with Crippen LogP contribution in [0.3, 0.4) is 0 Å². The molecule has 1 aliphatic carbocycles. The number of hydrogen-bond acceptors (Lipinski definition) is 4. The van der Waals surface area contributed by atoms with E-state index in [0.29, 0.717) is 25.0 Å². The number of rotatable bonds is 5. The highest BCUT2D eigenvalue weighted by Gasteiger charge is 2.27. The van der Waals surface area contributed by atoms with Gasteiger partial charge in [0.2, 0.25) is 0 Å². The zero-order valence-corrected chi connectivity index (χ0v) is 21.7. The lowest BCUT2D eigenvalue weighted by Gasteiger charge is -2.35. The fourth-order valence-electron chi connectivity index (χ4n) is 5.02. The topological polar surface area (TPSA) is 50.6 Å². The van der Waals surface area contributed by atoms with Gasteiger partial charge in [-0.3, -0.25) is 9.58 Å². The smallest absolute Gasteiger partial charge is 0.410 e. The van der Waals surface area contributed by atoms with E-state index in [2.05, 4.69) is 53.8 Å². The molecule has 186 valence electrons. The Hall–Kier alpha value is -2.34. The van der Waals surface area contributed by atoms with Crippen molar-refractivity contribution in [1.82, 2.24) is 19.6 Å².